The number of carbonyl (C=O) groups excluding carboxylic acids is 1. The van der Waals surface area contributed by atoms with Gasteiger partial charge in [-0.1, -0.05) is 0 Å². The first-order chi connectivity index (χ1) is 6.79. The monoisotopic (exact) mass is 188 g/mol. The maximum atomic E-state index is 11.8. The lowest BCUT2D eigenvalue weighted by atomic mass is 10.1. The molecule has 2 heterocycles. The Hall–Kier alpha value is -1.97. The first kappa shape index (κ1) is 8.62. The van der Waals surface area contributed by atoms with Crippen LogP contribution in [-0.2, 0) is 0 Å². The van der Waals surface area contributed by atoms with Gasteiger partial charge in [0.05, 0.1) is 18.0 Å². The normalized spacial score (nSPS) is 10.1. The van der Waals surface area contributed by atoms with Gasteiger partial charge in [0.15, 0.2) is 0 Å². The molecule has 0 aliphatic carbocycles. The minimum absolute atomic E-state index is 0.163. The van der Waals surface area contributed by atoms with Gasteiger partial charge >= 0.3 is 0 Å². The van der Waals surface area contributed by atoms with Crippen LogP contribution in [0.25, 0.3) is 0 Å². The Bertz CT molecular complexity index is 448. The van der Waals surface area contributed by atoms with E-state index >= 15 is 0 Å². The summed E-state index contributed by atoms with van der Waals surface area (Å²) in [7, 11) is 0. The van der Waals surface area contributed by atoms with E-state index in [1.165, 1.54) is 24.9 Å². The van der Waals surface area contributed by atoms with Gasteiger partial charge in [-0.2, -0.15) is 0 Å². The maximum Gasteiger partial charge on any atom is 0.216 e. The van der Waals surface area contributed by atoms with Crippen molar-refractivity contribution in [1.29, 1.82) is 0 Å². The number of carbonyl (C=O) groups is 1. The van der Waals surface area contributed by atoms with Crippen molar-refractivity contribution >= 4 is 5.78 Å². The van der Waals surface area contributed by atoms with Crippen LogP contribution in [0.3, 0.4) is 0 Å². The van der Waals surface area contributed by atoms with Gasteiger partial charge in [-0.05, 0) is 13.0 Å². The zero-order chi connectivity index (χ0) is 9.97. The fourth-order valence-corrected chi connectivity index (χ4v) is 1.17. The van der Waals surface area contributed by atoms with Gasteiger partial charge < -0.3 is 4.42 Å². The summed E-state index contributed by atoms with van der Waals surface area (Å²) in [5, 5.41) is 0. The van der Waals surface area contributed by atoms with Crippen molar-refractivity contribution in [2.45, 2.75) is 6.92 Å². The van der Waals surface area contributed by atoms with Gasteiger partial charge in [0.2, 0.25) is 5.78 Å². The van der Waals surface area contributed by atoms with E-state index in [0.29, 0.717) is 17.0 Å². The molecule has 4 heteroatoms. The zero-order valence-corrected chi connectivity index (χ0v) is 7.60. The molecule has 0 atom stereocenters. The lowest BCUT2D eigenvalue weighted by molar-refractivity contribution is 0.103. The third-order valence-corrected chi connectivity index (χ3v) is 1.90. The first-order valence-electron chi connectivity index (χ1n) is 4.14. The topological polar surface area (TPSA) is 56.0 Å². The largest absolute Gasteiger partial charge is 0.469 e. The Morgan fingerprint density at radius 3 is 2.86 bits per heavy atom. The Morgan fingerprint density at radius 2 is 2.29 bits per heavy atom. The Kier molecular flexibility index (Phi) is 2.10. The smallest absolute Gasteiger partial charge is 0.216 e. The highest BCUT2D eigenvalue weighted by atomic mass is 16.3. The van der Waals surface area contributed by atoms with Crippen LogP contribution in [0.15, 0.2) is 35.3 Å². The van der Waals surface area contributed by atoms with Gasteiger partial charge in [0, 0.05) is 12.4 Å². The van der Waals surface area contributed by atoms with Crippen molar-refractivity contribution in [3.05, 3.63) is 47.9 Å². The molecule has 0 saturated heterocycles. The molecular weight excluding hydrogens is 180 g/mol. The summed E-state index contributed by atoms with van der Waals surface area (Å²) < 4.78 is 5.04. The highest BCUT2D eigenvalue weighted by Crippen LogP contribution is 2.12. The number of hydrogen-bond donors (Lipinski definition) is 0. The number of furan rings is 1. The average Bonchev–Trinajstić information content (AvgIpc) is 2.65. The highest BCUT2D eigenvalue weighted by Gasteiger charge is 2.14. The second kappa shape index (κ2) is 3.41. The molecule has 2 aromatic heterocycles. The zero-order valence-electron chi connectivity index (χ0n) is 7.60. The summed E-state index contributed by atoms with van der Waals surface area (Å²) in [5.41, 5.74) is 0.863. The second-order valence-corrected chi connectivity index (χ2v) is 2.81. The van der Waals surface area contributed by atoms with E-state index in [1.54, 1.807) is 13.0 Å². The van der Waals surface area contributed by atoms with Crippen molar-refractivity contribution in [3.8, 4) is 0 Å². The standard InChI is InChI=1S/C10H8N2O2/c1-7-8(2-5-14-7)10(13)9-6-11-3-4-12-9/h2-6H,1H3. The molecular formula is C10H8N2O2. The molecule has 2 rings (SSSR count). The summed E-state index contributed by atoms with van der Waals surface area (Å²) in [6, 6.07) is 1.63. The van der Waals surface area contributed by atoms with Crippen LogP contribution in [0.2, 0.25) is 0 Å². The molecule has 70 valence electrons. The van der Waals surface area contributed by atoms with Crippen molar-refractivity contribution in [2.75, 3.05) is 0 Å². The minimum Gasteiger partial charge on any atom is -0.469 e. The molecule has 0 fully saturated rings. The number of aryl methyl sites for hydroxylation is 1. The average molecular weight is 188 g/mol. The third-order valence-electron chi connectivity index (χ3n) is 1.90. The molecule has 14 heavy (non-hydrogen) atoms. The van der Waals surface area contributed by atoms with Gasteiger partial charge in [-0.3, -0.25) is 9.78 Å². The molecule has 0 spiro atoms. The van der Waals surface area contributed by atoms with Gasteiger partial charge in [0.1, 0.15) is 11.5 Å². The number of hydrogen-bond acceptors (Lipinski definition) is 4. The van der Waals surface area contributed by atoms with E-state index in [4.69, 9.17) is 4.42 Å². The van der Waals surface area contributed by atoms with Crippen LogP contribution >= 0.6 is 0 Å². The van der Waals surface area contributed by atoms with E-state index in [9.17, 15) is 4.79 Å². The molecule has 0 radical (unpaired) electrons. The number of rotatable bonds is 2. The molecule has 0 aliphatic heterocycles. The van der Waals surface area contributed by atoms with Crippen molar-refractivity contribution in [2.24, 2.45) is 0 Å². The SMILES string of the molecule is Cc1occc1C(=O)c1cnccn1. The lowest BCUT2D eigenvalue weighted by Gasteiger charge is -1.96. The molecule has 0 unspecified atom stereocenters. The molecule has 0 N–H and O–H groups in total. The third kappa shape index (κ3) is 1.42. The van der Waals surface area contributed by atoms with E-state index in [2.05, 4.69) is 9.97 Å². The summed E-state index contributed by atoms with van der Waals surface area (Å²) >= 11 is 0. The molecule has 0 aliphatic rings. The molecule has 2 aromatic rings. The molecule has 0 saturated carbocycles. The van der Waals surface area contributed by atoms with E-state index < -0.39 is 0 Å². The Balaban J connectivity index is 2.39. The van der Waals surface area contributed by atoms with Crippen LogP contribution in [0.5, 0.6) is 0 Å². The van der Waals surface area contributed by atoms with Crippen molar-refractivity contribution < 1.29 is 9.21 Å². The number of nitrogens with zero attached hydrogens (tertiary/aromatic N) is 2. The number of aromatic nitrogens is 2. The first-order valence-corrected chi connectivity index (χ1v) is 4.14. The Morgan fingerprint density at radius 1 is 1.43 bits per heavy atom. The van der Waals surface area contributed by atoms with Gasteiger partial charge in [-0.15, -0.1) is 0 Å². The maximum absolute atomic E-state index is 11.8. The summed E-state index contributed by atoms with van der Waals surface area (Å²) in [4.78, 5) is 19.5. The van der Waals surface area contributed by atoms with Crippen LogP contribution in [0.1, 0.15) is 21.8 Å². The Labute approximate surface area is 80.6 Å². The van der Waals surface area contributed by atoms with Gasteiger partial charge in [0.25, 0.3) is 0 Å². The minimum atomic E-state index is -0.163. The van der Waals surface area contributed by atoms with Gasteiger partial charge in [-0.25, -0.2) is 4.98 Å². The van der Waals surface area contributed by atoms with E-state index in [1.807, 2.05) is 0 Å². The number of ketones is 1. The summed E-state index contributed by atoms with van der Waals surface area (Å²) in [6.07, 6.45) is 5.94. The highest BCUT2D eigenvalue weighted by molar-refractivity contribution is 6.08. The molecule has 4 nitrogen and oxygen atoms in total. The molecule has 0 aromatic carbocycles. The fourth-order valence-electron chi connectivity index (χ4n) is 1.17. The molecule has 0 amide bonds. The van der Waals surface area contributed by atoms with Crippen molar-refractivity contribution in [3.63, 3.8) is 0 Å². The van der Waals surface area contributed by atoms with Crippen LogP contribution in [-0.4, -0.2) is 15.8 Å². The van der Waals surface area contributed by atoms with Crippen LogP contribution in [0, 0.1) is 6.92 Å². The summed E-state index contributed by atoms with van der Waals surface area (Å²) in [6.45, 7) is 1.74. The van der Waals surface area contributed by atoms with Crippen LogP contribution < -0.4 is 0 Å². The molecule has 0 bridgehead atoms. The lowest BCUT2D eigenvalue weighted by Crippen LogP contribution is -2.04. The van der Waals surface area contributed by atoms with E-state index in [0.717, 1.165) is 0 Å². The second-order valence-electron chi connectivity index (χ2n) is 2.81. The summed E-state index contributed by atoms with van der Waals surface area (Å²) in [5.74, 6) is 0.435. The van der Waals surface area contributed by atoms with Crippen LogP contribution in [0.4, 0.5) is 0 Å². The van der Waals surface area contributed by atoms with E-state index in [-0.39, 0.29) is 5.78 Å². The fraction of sp³-hybridized carbons (Fsp3) is 0.100. The quantitative estimate of drug-likeness (QED) is 0.672. The predicted octanol–water partition coefficient (Wildman–Crippen LogP) is 1.61. The predicted molar refractivity (Wildman–Crippen MR) is 48.9 cm³/mol. The van der Waals surface area contributed by atoms with Crippen molar-refractivity contribution in [1.82, 2.24) is 9.97 Å².